The third-order valence-electron chi connectivity index (χ3n) is 5.37. The molecule has 0 amide bonds. The van der Waals surface area contributed by atoms with Crippen LogP contribution < -0.4 is 9.62 Å². The largest absolute Gasteiger partial charge is 0.377 e. The number of hydrogen-bond acceptors (Lipinski definition) is 7. The third kappa shape index (κ3) is 5.13. The summed E-state index contributed by atoms with van der Waals surface area (Å²) >= 11 is 0. The quantitative estimate of drug-likeness (QED) is 0.594. The van der Waals surface area contributed by atoms with Gasteiger partial charge in [-0.15, -0.1) is 0 Å². The molecule has 1 fully saturated rings. The number of hydrogen-bond donors (Lipinski definition) is 1. The molecule has 1 atom stereocenters. The molecule has 0 spiro atoms. The van der Waals surface area contributed by atoms with Crippen molar-refractivity contribution in [3.63, 3.8) is 0 Å². The topological polar surface area (TPSA) is 97.3 Å². The Hall–Kier alpha value is -3.48. The predicted molar refractivity (Wildman–Crippen MR) is 127 cm³/mol. The molecule has 0 saturated carbocycles. The molecule has 3 aromatic rings. The van der Waals surface area contributed by atoms with Gasteiger partial charge in [0.05, 0.1) is 46.8 Å². The Morgan fingerprint density at radius 2 is 1.88 bits per heavy atom. The molecule has 1 aromatic carbocycles. The second-order valence-electron chi connectivity index (χ2n) is 7.80. The van der Waals surface area contributed by atoms with Crippen LogP contribution in [0.25, 0.3) is 0 Å². The zero-order valence-electron chi connectivity index (χ0n) is 18.7. The Kier molecular flexibility index (Phi) is 6.58. The summed E-state index contributed by atoms with van der Waals surface area (Å²) < 4.78 is 33.6. The van der Waals surface area contributed by atoms with E-state index in [1.165, 1.54) is 0 Å². The van der Waals surface area contributed by atoms with Gasteiger partial charge in [-0.05, 0) is 39.0 Å². The Bertz CT molecular complexity index is 1320. The number of anilines is 2. The van der Waals surface area contributed by atoms with Gasteiger partial charge >= 0.3 is 0 Å². The SMILES string of the molecule is Cc1ncc(C#Cc2c(C)ncnc2N2CCOC[C@H]2C)cc1NS(=O)(=O)c1ccccc1. The Morgan fingerprint density at radius 1 is 1.09 bits per heavy atom. The van der Waals surface area contributed by atoms with Gasteiger partial charge in [-0.1, -0.05) is 30.0 Å². The van der Waals surface area contributed by atoms with Crippen LogP contribution in [0.2, 0.25) is 0 Å². The molecule has 1 saturated heterocycles. The molecule has 9 heteroatoms. The summed E-state index contributed by atoms with van der Waals surface area (Å²) in [5.41, 5.74) is 3.03. The van der Waals surface area contributed by atoms with Gasteiger partial charge in [0, 0.05) is 18.3 Å². The van der Waals surface area contributed by atoms with Crippen LogP contribution in [0.3, 0.4) is 0 Å². The molecule has 3 heterocycles. The number of benzene rings is 1. The van der Waals surface area contributed by atoms with E-state index in [4.69, 9.17) is 4.74 Å². The molecule has 2 aromatic heterocycles. The number of nitrogens with one attached hydrogen (secondary N) is 1. The number of nitrogens with zero attached hydrogens (tertiary/aromatic N) is 4. The van der Waals surface area contributed by atoms with E-state index in [1.54, 1.807) is 55.8 Å². The standard InChI is InChI=1S/C24H25N5O3S/c1-17-15-32-12-11-29(17)24-22(18(2)26-16-27-24)10-9-20-13-23(19(3)25-14-20)28-33(30,31)21-7-5-4-6-8-21/h4-8,13-14,16-17,28H,11-12,15H2,1-3H3/t17-/m1/s1. The highest BCUT2D eigenvalue weighted by Gasteiger charge is 2.23. The van der Waals surface area contributed by atoms with Gasteiger partial charge < -0.3 is 9.64 Å². The van der Waals surface area contributed by atoms with E-state index in [-0.39, 0.29) is 10.9 Å². The van der Waals surface area contributed by atoms with Crippen LogP contribution in [0, 0.1) is 25.7 Å². The van der Waals surface area contributed by atoms with Crippen molar-refractivity contribution in [1.29, 1.82) is 0 Å². The maximum absolute atomic E-state index is 12.7. The highest BCUT2D eigenvalue weighted by atomic mass is 32.2. The van der Waals surface area contributed by atoms with E-state index in [0.29, 0.717) is 30.2 Å². The van der Waals surface area contributed by atoms with Crippen LogP contribution in [0.1, 0.15) is 29.4 Å². The number of aryl methyl sites for hydroxylation is 2. The van der Waals surface area contributed by atoms with Gasteiger partial charge in [0.2, 0.25) is 0 Å². The van der Waals surface area contributed by atoms with Crippen LogP contribution in [-0.4, -0.2) is 49.2 Å². The fraction of sp³-hybridized carbons (Fsp3) is 0.292. The molecule has 170 valence electrons. The minimum atomic E-state index is -3.73. The summed E-state index contributed by atoms with van der Waals surface area (Å²) in [6, 6.07) is 10.1. The maximum atomic E-state index is 12.7. The van der Waals surface area contributed by atoms with Crippen molar-refractivity contribution >= 4 is 21.5 Å². The lowest BCUT2D eigenvalue weighted by Gasteiger charge is -2.34. The molecule has 1 aliphatic rings. The fourth-order valence-corrected chi connectivity index (χ4v) is 4.64. The van der Waals surface area contributed by atoms with Gasteiger partial charge in [0.25, 0.3) is 10.0 Å². The van der Waals surface area contributed by atoms with Crippen molar-refractivity contribution in [2.75, 3.05) is 29.4 Å². The van der Waals surface area contributed by atoms with Gasteiger partial charge in [0.1, 0.15) is 12.1 Å². The number of pyridine rings is 1. The minimum Gasteiger partial charge on any atom is -0.377 e. The van der Waals surface area contributed by atoms with E-state index in [9.17, 15) is 8.42 Å². The minimum absolute atomic E-state index is 0.175. The molecule has 0 unspecified atom stereocenters. The number of rotatable bonds is 4. The van der Waals surface area contributed by atoms with Crippen LogP contribution in [0.4, 0.5) is 11.5 Å². The molecule has 8 nitrogen and oxygen atoms in total. The zero-order chi connectivity index (χ0) is 23.4. The van der Waals surface area contributed by atoms with Crippen molar-refractivity contribution in [3.05, 3.63) is 71.4 Å². The molecule has 1 aliphatic heterocycles. The number of ether oxygens (including phenoxy) is 1. The van der Waals surface area contributed by atoms with E-state index < -0.39 is 10.0 Å². The Balaban J connectivity index is 1.66. The fourth-order valence-electron chi connectivity index (χ4n) is 3.51. The first kappa shape index (κ1) is 22.7. The lowest BCUT2D eigenvalue weighted by Crippen LogP contribution is -2.44. The van der Waals surface area contributed by atoms with Crippen molar-refractivity contribution in [1.82, 2.24) is 15.0 Å². The molecule has 0 bridgehead atoms. The van der Waals surface area contributed by atoms with E-state index in [1.807, 2.05) is 6.92 Å². The summed E-state index contributed by atoms with van der Waals surface area (Å²) in [6.07, 6.45) is 3.17. The van der Waals surface area contributed by atoms with Gasteiger partial charge in [-0.25, -0.2) is 18.4 Å². The van der Waals surface area contributed by atoms with E-state index >= 15 is 0 Å². The second kappa shape index (κ2) is 9.57. The second-order valence-corrected chi connectivity index (χ2v) is 9.48. The molecule has 0 radical (unpaired) electrons. The first-order chi connectivity index (χ1) is 15.8. The molecule has 33 heavy (non-hydrogen) atoms. The average molecular weight is 464 g/mol. The summed E-state index contributed by atoms with van der Waals surface area (Å²) in [5, 5.41) is 0. The van der Waals surface area contributed by atoms with Crippen LogP contribution in [-0.2, 0) is 14.8 Å². The smallest absolute Gasteiger partial charge is 0.261 e. The Morgan fingerprint density at radius 3 is 2.64 bits per heavy atom. The Labute approximate surface area is 194 Å². The monoisotopic (exact) mass is 463 g/mol. The summed E-state index contributed by atoms with van der Waals surface area (Å²) in [5.74, 6) is 7.06. The number of aromatic nitrogens is 3. The first-order valence-electron chi connectivity index (χ1n) is 10.6. The first-order valence-corrected chi connectivity index (χ1v) is 12.1. The molecule has 4 rings (SSSR count). The van der Waals surface area contributed by atoms with Crippen LogP contribution in [0.15, 0.2) is 53.8 Å². The summed E-state index contributed by atoms with van der Waals surface area (Å²) in [6.45, 7) is 7.71. The van der Waals surface area contributed by atoms with Gasteiger partial charge in [0.15, 0.2) is 0 Å². The van der Waals surface area contributed by atoms with E-state index in [0.717, 1.165) is 23.6 Å². The van der Waals surface area contributed by atoms with Crippen molar-refractivity contribution in [2.45, 2.75) is 31.7 Å². The van der Waals surface area contributed by atoms with Gasteiger partial charge in [-0.2, -0.15) is 0 Å². The summed E-state index contributed by atoms with van der Waals surface area (Å²) in [4.78, 5) is 15.5. The molecular formula is C24H25N5O3S. The average Bonchev–Trinajstić information content (AvgIpc) is 2.81. The lowest BCUT2D eigenvalue weighted by molar-refractivity contribution is 0.0985. The van der Waals surface area contributed by atoms with Crippen LogP contribution in [0.5, 0.6) is 0 Å². The molecule has 0 aliphatic carbocycles. The normalized spacial score (nSPS) is 16.1. The van der Waals surface area contributed by atoms with Crippen molar-refractivity contribution < 1.29 is 13.2 Å². The third-order valence-corrected chi connectivity index (χ3v) is 6.75. The maximum Gasteiger partial charge on any atom is 0.261 e. The molecular weight excluding hydrogens is 438 g/mol. The molecule has 1 N–H and O–H groups in total. The van der Waals surface area contributed by atoms with Gasteiger partial charge in [-0.3, -0.25) is 9.71 Å². The van der Waals surface area contributed by atoms with Crippen LogP contribution >= 0.6 is 0 Å². The highest BCUT2D eigenvalue weighted by Crippen LogP contribution is 2.23. The number of morpholine rings is 1. The highest BCUT2D eigenvalue weighted by molar-refractivity contribution is 7.92. The lowest BCUT2D eigenvalue weighted by atomic mass is 10.1. The van der Waals surface area contributed by atoms with Crippen molar-refractivity contribution in [2.24, 2.45) is 0 Å². The van der Waals surface area contributed by atoms with E-state index in [2.05, 4.69) is 43.3 Å². The van der Waals surface area contributed by atoms with Crippen molar-refractivity contribution in [3.8, 4) is 11.8 Å². The predicted octanol–water partition coefficient (Wildman–Crippen LogP) is 2.91. The number of sulfonamides is 1. The summed E-state index contributed by atoms with van der Waals surface area (Å²) in [7, 11) is -3.73. The zero-order valence-corrected chi connectivity index (χ0v) is 19.6.